The summed E-state index contributed by atoms with van der Waals surface area (Å²) in [5.41, 5.74) is 0.692. The SMILES string of the molecule is CO[Si](CCc1ccc(F)c(F)c1)(OC)OC(C)C. The van der Waals surface area contributed by atoms with Gasteiger partial charge in [-0.25, -0.2) is 8.78 Å². The molecule has 6 heteroatoms. The fourth-order valence-electron chi connectivity index (χ4n) is 1.79. The van der Waals surface area contributed by atoms with Crippen molar-refractivity contribution in [1.29, 1.82) is 0 Å². The normalized spacial score (nSPS) is 12.2. The predicted molar refractivity (Wildman–Crippen MR) is 70.9 cm³/mol. The Morgan fingerprint density at radius 2 is 1.74 bits per heavy atom. The highest BCUT2D eigenvalue weighted by molar-refractivity contribution is 6.60. The van der Waals surface area contributed by atoms with Gasteiger partial charge in [0.2, 0.25) is 0 Å². The topological polar surface area (TPSA) is 27.7 Å². The summed E-state index contributed by atoms with van der Waals surface area (Å²) in [4.78, 5) is 0. The van der Waals surface area contributed by atoms with Crippen LogP contribution in [0.2, 0.25) is 6.04 Å². The van der Waals surface area contributed by atoms with E-state index in [0.717, 1.165) is 6.07 Å². The highest BCUT2D eigenvalue weighted by Crippen LogP contribution is 2.20. The van der Waals surface area contributed by atoms with Crippen LogP contribution in [0, 0.1) is 11.6 Å². The van der Waals surface area contributed by atoms with Gasteiger partial charge in [-0.1, -0.05) is 6.07 Å². The maximum absolute atomic E-state index is 13.1. The first kappa shape index (κ1) is 16.2. The van der Waals surface area contributed by atoms with E-state index in [-0.39, 0.29) is 6.10 Å². The molecule has 1 rings (SSSR count). The Bertz CT molecular complexity index is 409. The minimum Gasteiger partial charge on any atom is -0.377 e. The van der Waals surface area contributed by atoms with Crippen LogP contribution >= 0.6 is 0 Å². The van der Waals surface area contributed by atoms with Crippen LogP contribution in [0.3, 0.4) is 0 Å². The first-order valence-electron chi connectivity index (χ1n) is 6.14. The zero-order valence-electron chi connectivity index (χ0n) is 11.7. The minimum absolute atomic E-state index is 0.0171. The number of rotatable bonds is 7. The van der Waals surface area contributed by atoms with E-state index in [1.54, 1.807) is 20.3 Å². The highest BCUT2D eigenvalue weighted by atomic mass is 28.4. The van der Waals surface area contributed by atoms with Crippen LogP contribution in [-0.4, -0.2) is 29.1 Å². The average Bonchev–Trinajstić information content (AvgIpc) is 2.38. The Kier molecular flexibility index (Phi) is 6.06. The quantitative estimate of drug-likeness (QED) is 0.722. The van der Waals surface area contributed by atoms with Gasteiger partial charge in [0.25, 0.3) is 0 Å². The number of aryl methyl sites for hydroxylation is 1. The van der Waals surface area contributed by atoms with Crippen molar-refractivity contribution in [3.05, 3.63) is 35.4 Å². The van der Waals surface area contributed by atoms with Crippen LogP contribution in [0.25, 0.3) is 0 Å². The number of hydrogen-bond donors (Lipinski definition) is 0. The molecule has 0 radical (unpaired) electrons. The van der Waals surface area contributed by atoms with Gasteiger partial charge >= 0.3 is 8.80 Å². The molecule has 0 aliphatic rings. The smallest absolute Gasteiger partial charge is 0.377 e. The van der Waals surface area contributed by atoms with Crippen molar-refractivity contribution in [3.63, 3.8) is 0 Å². The molecular formula is C13H20F2O3Si. The van der Waals surface area contributed by atoms with Gasteiger partial charge in [-0.15, -0.1) is 0 Å². The molecule has 0 amide bonds. The van der Waals surface area contributed by atoms with Crippen molar-refractivity contribution in [2.45, 2.75) is 32.4 Å². The van der Waals surface area contributed by atoms with Gasteiger partial charge in [0, 0.05) is 26.4 Å². The Morgan fingerprint density at radius 1 is 1.11 bits per heavy atom. The third-order valence-electron chi connectivity index (χ3n) is 2.74. The zero-order chi connectivity index (χ0) is 14.5. The van der Waals surface area contributed by atoms with Gasteiger partial charge in [0.1, 0.15) is 0 Å². The lowest BCUT2D eigenvalue weighted by molar-refractivity contribution is 0.0700. The van der Waals surface area contributed by atoms with Crippen molar-refractivity contribution in [3.8, 4) is 0 Å². The monoisotopic (exact) mass is 290 g/mol. The third kappa shape index (κ3) is 4.65. The second kappa shape index (κ2) is 7.09. The first-order valence-corrected chi connectivity index (χ1v) is 8.07. The summed E-state index contributed by atoms with van der Waals surface area (Å²) < 4.78 is 42.5. The molecule has 0 atom stereocenters. The molecule has 0 N–H and O–H groups in total. The van der Waals surface area contributed by atoms with Crippen LogP contribution in [0.1, 0.15) is 19.4 Å². The molecule has 1 aromatic rings. The first-order chi connectivity index (χ1) is 8.92. The molecule has 3 nitrogen and oxygen atoms in total. The van der Waals surface area contributed by atoms with Crippen LogP contribution in [-0.2, 0) is 19.7 Å². The molecule has 0 aliphatic carbocycles. The third-order valence-corrected chi connectivity index (χ3v) is 5.68. The van der Waals surface area contributed by atoms with Crippen molar-refractivity contribution in [2.24, 2.45) is 0 Å². The van der Waals surface area contributed by atoms with E-state index in [1.165, 1.54) is 6.07 Å². The molecule has 1 aromatic carbocycles. The second-order valence-corrected chi connectivity index (χ2v) is 7.42. The van der Waals surface area contributed by atoms with E-state index < -0.39 is 20.4 Å². The molecule has 19 heavy (non-hydrogen) atoms. The molecule has 108 valence electrons. The van der Waals surface area contributed by atoms with Gasteiger partial charge in [0.15, 0.2) is 11.6 Å². The van der Waals surface area contributed by atoms with Crippen molar-refractivity contribution in [2.75, 3.05) is 14.2 Å². The van der Waals surface area contributed by atoms with Crippen molar-refractivity contribution >= 4 is 8.80 Å². The van der Waals surface area contributed by atoms with Gasteiger partial charge in [0.05, 0.1) is 0 Å². The molecule has 0 unspecified atom stereocenters. The highest BCUT2D eigenvalue weighted by Gasteiger charge is 2.39. The van der Waals surface area contributed by atoms with Gasteiger partial charge in [-0.05, 0) is 38.0 Å². The molecule has 0 aliphatic heterocycles. The lowest BCUT2D eigenvalue weighted by Gasteiger charge is -2.28. The number of hydrogen-bond acceptors (Lipinski definition) is 3. The van der Waals surface area contributed by atoms with E-state index in [9.17, 15) is 8.78 Å². The minimum atomic E-state index is -2.74. The van der Waals surface area contributed by atoms with Crippen molar-refractivity contribution < 1.29 is 22.1 Å². The Labute approximate surface area is 113 Å². The summed E-state index contributed by atoms with van der Waals surface area (Å²) in [6, 6.07) is 4.38. The molecule has 0 aromatic heterocycles. The average molecular weight is 290 g/mol. The van der Waals surface area contributed by atoms with E-state index in [0.29, 0.717) is 18.0 Å². The van der Waals surface area contributed by atoms with E-state index >= 15 is 0 Å². The summed E-state index contributed by atoms with van der Waals surface area (Å²) in [5.74, 6) is -1.69. The largest absolute Gasteiger partial charge is 0.500 e. The molecule has 0 spiro atoms. The zero-order valence-corrected chi connectivity index (χ0v) is 12.7. The van der Waals surface area contributed by atoms with E-state index in [4.69, 9.17) is 13.3 Å². The summed E-state index contributed by atoms with van der Waals surface area (Å²) in [5, 5.41) is 0. The Balaban J connectivity index is 2.72. The predicted octanol–water partition coefficient (Wildman–Crippen LogP) is 3.16. The Morgan fingerprint density at radius 3 is 2.21 bits per heavy atom. The summed E-state index contributed by atoms with van der Waals surface area (Å²) in [6.45, 7) is 3.80. The number of benzene rings is 1. The summed E-state index contributed by atoms with van der Waals surface area (Å²) >= 11 is 0. The molecule has 0 saturated heterocycles. The molecule has 0 heterocycles. The van der Waals surface area contributed by atoms with E-state index in [1.807, 2.05) is 13.8 Å². The fraction of sp³-hybridized carbons (Fsp3) is 0.538. The number of halogens is 2. The van der Waals surface area contributed by atoms with Gasteiger partial charge in [-0.3, -0.25) is 0 Å². The molecule has 0 fully saturated rings. The Hall–Kier alpha value is -0.823. The van der Waals surface area contributed by atoms with Crippen molar-refractivity contribution in [1.82, 2.24) is 0 Å². The van der Waals surface area contributed by atoms with E-state index in [2.05, 4.69) is 0 Å². The second-order valence-electron chi connectivity index (χ2n) is 4.51. The maximum atomic E-state index is 13.1. The van der Waals surface area contributed by atoms with Crippen LogP contribution < -0.4 is 0 Å². The van der Waals surface area contributed by atoms with Crippen LogP contribution in [0.4, 0.5) is 8.78 Å². The molecule has 0 saturated carbocycles. The van der Waals surface area contributed by atoms with Crippen LogP contribution in [0.15, 0.2) is 18.2 Å². The lowest BCUT2D eigenvalue weighted by Crippen LogP contribution is -2.46. The standard InChI is InChI=1S/C13H20F2O3Si/c1-10(2)18-19(16-3,17-4)8-7-11-5-6-12(14)13(15)9-11/h5-6,9-10H,7-8H2,1-4H3. The lowest BCUT2D eigenvalue weighted by atomic mass is 10.2. The summed E-state index contributed by atoms with van der Waals surface area (Å²) in [7, 11) is 0.353. The molecular weight excluding hydrogens is 270 g/mol. The molecule has 0 bridgehead atoms. The van der Waals surface area contributed by atoms with Crippen LogP contribution in [0.5, 0.6) is 0 Å². The summed E-state index contributed by atoms with van der Waals surface area (Å²) in [6.07, 6.45) is 0.495. The van der Waals surface area contributed by atoms with Gasteiger partial charge < -0.3 is 13.3 Å². The fourth-order valence-corrected chi connectivity index (χ4v) is 3.99. The maximum Gasteiger partial charge on any atom is 0.500 e. The van der Waals surface area contributed by atoms with Gasteiger partial charge in [-0.2, -0.15) is 0 Å².